The van der Waals surface area contributed by atoms with Crippen LogP contribution in [0.1, 0.15) is 42.5 Å². The molecule has 1 aliphatic heterocycles. The van der Waals surface area contributed by atoms with E-state index in [4.69, 9.17) is 14.2 Å². The number of hydrogen-bond donors (Lipinski definition) is 2. The molecule has 5 rings (SSSR count). The third-order valence-electron chi connectivity index (χ3n) is 7.26. The molecule has 1 fully saturated rings. The summed E-state index contributed by atoms with van der Waals surface area (Å²) in [7, 11) is 1.27. The van der Waals surface area contributed by atoms with E-state index in [0.717, 1.165) is 22.9 Å². The van der Waals surface area contributed by atoms with Gasteiger partial charge in [0.15, 0.2) is 11.2 Å². The Bertz CT molecular complexity index is 1250. The number of nitrogens with zero attached hydrogens (tertiary/aromatic N) is 1. The molecule has 36 heavy (non-hydrogen) atoms. The molecule has 2 aromatic carbocycles. The summed E-state index contributed by atoms with van der Waals surface area (Å²) < 4.78 is 18.5. The molecule has 0 saturated heterocycles. The maximum atomic E-state index is 13.1. The van der Waals surface area contributed by atoms with E-state index >= 15 is 0 Å². The molecule has 0 bridgehead atoms. The predicted octanol–water partition coefficient (Wildman–Crippen LogP) is 4.45. The van der Waals surface area contributed by atoms with Crippen molar-refractivity contribution in [3.63, 3.8) is 0 Å². The predicted molar refractivity (Wildman–Crippen MR) is 136 cm³/mol. The van der Waals surface area contributed by atoms with Crippen molar-refractivity contribution in [2.24, 2.45) is 5.92 Å². The smallest absolute Gasteiger partial charge is 0.312 e. The van der Waals surface area contributed by atoms with Crippen LogP contribution in [0, 0.1) is 5.92 Å². The van der Waals surface area contributed by atoms with Gasteiger partial charge in [-0.1, -0.05) is 71.7 Å². The number of ether oxygens (including phenoxy) is 3. The van der Waals surface area contributed by atoms with Gasteiger partial charge < -0.3 is 24.4 Å². The van der Waals surface area contributed by atoms with Crippen molar-refractivity contribution in [3.05, 3.63) is 88.2 Å². The maximum absolute atomic E-state index is 13.1. The van der Waals surface area contributed by atoms with Gasteiger partial charge in [-0.05, 0) is 29.7 Å². The average Bonchev–Trinajstić information content (AvgIpc) is 3.27. The van der Waals surface area contributed by atoms with Gasteiger partial charge in [-0.25, -0.2) is 0 Å². The van der Waals surface area contributed by atoms with Crippen molar-refractivity contribution in [3.8, 4) is 11.5 Å². The lowest BCUT2D eigenvalue weighted by Crippen LogP contribution is -2.52. The molecule has 8 heteroatoms. The van der Waals surface area contributed by atoms with Crippen molar-refractivity contribution in [1.82, 2.24) is 4.98 Å². The van der Waals surface area contributed by atoms with Gasteiger partial charge in [0.25, 0.3) is 0 Å². The Morgan fingerprint density at radius 1 is 1.17 bits per heavy atom. The first-order chi connectivity index (χ1) is 17.4. The third-order valence-corrected chi connectivity index (χ3v) is 7.79. The number of aliphatic hydroxyl groups excluding tert-OH is 1. The molecule has 1 saturated carbocycles. The zero-order valence-electron chi connectivity index (χ0n) is 20.1. The van der Waals surface area contributed by atoms with Crippen molar-refractivity contribution in [2.45, 2.75) is 43.0 Å². The molecule has 0 unspecified atom stereocenters. The zero-order valence-corrected chi connectivity index (χ0v) is 21.6. The van der Waals surface area contributed by atoms with Crippen molar-refractivity contribution >= 4 is 21.9 Å². The molecule has 0 spiro atoms. The first kappa shape index (κ1) is 24.7. The van der Waals surface area contributed by atoms with Crippen molar-refractivity contribution in [2.75, 3.05) is 13.7 Å². The van der Waals surface area contributed by atoms with Gasteiger partial charge in [0.2, 0.25) is 0 Å². The third kappa shape index (κ3) is 3.54. The van der Waals surface area contributed by atoms with Gasteiger partial charge in [-0.15, -0.1) is 0 Å². The average molecular weight is 554 g/mol. The molecule has 7 nitrogen and oxygen atoms in total. The summed E-state index contributed by atoms with van der Waals surface area (Å²) >= 11 is 3.47. The molecule has 2 N–H and O–H groups in total. The zero-order chi connectivity index (χ0) is 25.5. The molecule has 1 aliphatic carbocycles. The van der Waals surface area contributed by atoms with Gasteiger partial charge in [0.1, 0.15) is 23.3 Å². The summed E-state index contributed by atoms with van der Waals surface area (Å²) in [5.74, 6) is -1.72. The first-order valence-corrected chi connectivity index (χ1v) is 12.8. The normalized spacial score (nSPS) is 28.2. The molecule has 1 aromatic heterocycles. The SMILES string of the molecule is CCCCOc1cnc2c(c1)O[C@@]1(c3ccc(Br)cc3)[C@H](c3ccccc3)[C@@H](C(=O)OC)[C@@H](O)[C@@]21O. The minimum Gasteiger partial charge on any atom is -0.492 e. The lowest BCUT2D eigenvalue weighted by atomic mass is 9.71. The highest BCUT2D eigenvalue weighted by Crippen LogP contribution is 2.68. The number of carbonyl (C=O) groups is 1. The highest BCUT2D eigenvalue weighted by Gasteiger charge is 2.78. The van der Waals surface area contributed by atoms with Gasteiger partial charge >= 0.3 is 5.97 Å². The second-order valence-electron chi connectivity index (χ2n) is 9.21. The van der Waals surface area contributed by atoms with Crippen LogP contribution in [0.15, 0.2) is 71.3 Å². The van der Waals surface area contributed by atoms with Crippen LogP contribution >= 0.6 is 15.9 Å². The molecule has 0 radical (unpaired) electrons. The van der Waals surface area contributed by atoms with E-state index in [9.17, 15) is 15.0 Å². The summed E-state index contributed by atoms with van der Waals surface area (Å²) in [6, 6.07) is 18.3. The van der Waals surface area contributed by atoms with Crippen molar-refractivity contribution in [1.29, 1.82) is 0 Å². The maximum Gasteiger partial charge on any atom is 0.312 e. The number of carbonyl (C=O) groups excluding carboxylic acids is 1. The number of rotatable bonds is 7. The molecule has 188 valence electrons. The first-order valence-electron chi connectivity index (χ1n) is 12.0. The Morgan fingerprint density at radius 2 is 1.89 bits per heavy atom. The van der Waals surface area contributed by atoms with Crippen LogP contribution in [-0.4, -0.2) is 41.0 Å². The van der Waals surface area contributed by atoms with E-state index in [-0.39, 0.29) is 5.69 Å². The van der Waals surface area contributed by atoms with Gasteiger partial charge in [-0.3, -0.25) is 9.78 Å². The topological polar surface area (TPSA) is 98.1 Å². The summed E-state index contributed by atoms with van der Waals surface area (Å²) in [6.45, 7) is 2.60. The van der Waals surface area contributed by atoms with Crippen LogP contribution in [0.5, 0.6) is 11.5 Å². The lowest BCUT2D eigenvalue weighted by Gasteiger charge is -2.40. The van der Waals surface area contributed by atoms with Crippen LogP contribution in [0.2, 0.25) is 0 Å². The number of benzene rings is 2. The number of aromatic nitrogens is 1. The Balaban J connectivity index is 1.75. The van der Waals surface area contributed by atoms with Crippen LogP contribution in [-0.2, 0) is 20.7 Å². The molecule has 3 aromatic rings. The Hall–Kier alpha value is -2.94. The molecular weight excluding hydrogens is 526 g/mol. The minimum absolute atomic E-state index is 0.160. The largest absolute Gasteiger partial charge is 0.492 e. The van der Waals surface area contributed by atoms with Gasteiger partial charge in [0, 0.05) is 16.5 Å². The summed E-state index contributed by atoms with van der Waals surface area (Å²) in [5, 5.41) is 24.2. The van der Waals surface area contributed by atoms with E-state index in [1.807, 2.05) is 54.6 Å². The number of methoxy groups -OCH3 is 1. The monoisotopic (exact) mass is 553 g/mol. The number of hydrogen-bond acceptors (Lipinski definition) is 7. The molecule has 5 atom stereocenters. The Labute approximate surface area is 218 Å². The van der Waals surface area contributed by atoms with Gasteiger partial charge in [-0.2, -0.15) is 0 Å². The molecule has 2 aliphatic rings. The number of fused-ring (bicyclic) bond motifs is 3. The summed E-state index contributed by atoms with van der Waals surface area (Å²) in [6.07, 6.45) is 1.84. The van der Waals surface area contributed by atoms with E-state index in [2.05, 4.69) is 27.8 Å². The quantitative estimate of drug-likeness (QED) is 0.329. The highest BCUT2D eigenvalue weighted by molar-refractivity contribution is 9.10. The van der Waals surface area contributed by atoms with Crippen LogP contribution in [0.25, 0.3) is 0 Å². The van der Waals surface area contributed by atoms with Gasteiger partial charge in [0.05, 0.1) is 25.8 Å². The Kier molecular flexibility index (Phi) is 6.53. The van der Waals surface area contributed by atoms with Crippen LogP contribution < -0.4 is 9.47 Å². The summed E-state index contributed by atoms with van der Waals surface area (Å²) in [5.41, 5.74) is -2.13. The fourth-order valence-corrected chi connectivity index (χ4v) is 5.91. The summed E-state index contributed by atoms with van der Waals surface area (Å²) in [4.78, 5) is 17.6. The number of unbranched alkanes of at least 4 members (excludes halogenated alkanes) is 1. The van der Waals surface area contributed by atoms with Crippen molar-refractivity contribution < 1.29 is 29.2 Å². The van der Waals surface area contributed by atoms with E-state index in [1.54, 1.807) is 6.07 Å². The van der Waals surface area contributed by atoms with E-state index < -0.39 is 35.1 Å². The fourth-order valence-electron chi connectivity index (χ4n) is 5.65. The lowest BCUT2D eigenvalue weighted by molar-refractivity contribution is -0.162. The number of esters is 1. The standard InChI is InChI=1S/C28H28BrNO6/c1-3-4-14-35-20-15-21-24(30-16-20)27(33)25(31)22(26(32)34-2)23(17-8-6-5-7-9-17)28(27,36-21)18-10-12-19(29)13-11-18/h5-13,15-16,22-23,25,31,33H,3-4,14H2,1-2H3/t22-,23-,25-,27+,28+/m1/s1. The molecular formula is C28H28BrNO6. The number of aliphatic hydroxyl groups is 2. The highest BCUT2D eigenvalue weighted by atomic mass is 79.9. The van der Waals surface area contributed by atoms with E-state index in [0.29, 0.717) is 23.7 Å². The van der Waals surface area contributed by atoms with Crippen LogP contribution in [0.3, 0.4) is 0 Å². The number of halogens is 1. The molecule has 0 amide bonds. The van der Waals surface area contributed by atoms with Crippen LogP contribution in [0.4, 0.5) is 0 Å². The van der Waals surface area contributed by atoms with E-state index in [1.165, 1.54) is 13.3 Å². The fraction of sp³-hybridized carbons (Fsp3) is 0.357. The minimum atomic E-state index is -2.04. The number of pyridine rings is 1. The molecule has 2 heterocycles. The second kappa shape index (κ2) is 9.50. The Morgan fingerprint density at radius 3 is 2.56 bits per heavy atom. The second-order valence-corrected chi connectivity index (χ2v) is 10.1.